The summed E-state index contributed by atoms with van der Waals surface area (Å²) in [6, 6.07) is 6.07. The molecule has 0 spiro atoms. The van der Waals surface area contributed by atoms with Crippen LogP contribution in [-0.4, -0.2) is 39.7 Å². The molecular formula is C14H20FNO3S. The van der Waals surface area contributed by atoms with Crippen molar-refractivity contribution in [1.29, 1.82) is 0 Å². The summed E-state index contributed by atoms with van der Waals surface area (Å²) < 4.78 is 43.1. The summed E-state index contributed by atoms with van der Waals surface area (Å²) >= 11 is 0. The highest BCUT2D eigenvalue weighted by atomic mass is 32.2. The van der Waals surface area contributed by atoms with Gasteiger partial charge in [-0.05, 0) is 17.7 Å². The molecule has 0 saturated heterocycles. The Balaban J connectivity index is 2.45. The molecule has 20 heavy (non-hydrogen) atoms. The van der Waals surface area contributed by atoms with Gasteiger partial charge in [0, 0.05) is 30.7 Å². The van der Waals surface area contributed by atoms with E-state index in [1.165, 1.54) is 19.2 Å². The second-order valence-electron chi connectivity index (χ2n) is 5.28. The summed E-state index contributed by atoms with van der Waals surface area (Å²) in [7, 11) is -1.74. The molecule has 0 heterocycles. The van der Waals surface area contributed by atoms with E-state index in [-0.39, 0.29) is 30.6 Å². The molecule has 1 saturated carbocycles. The fourth-order valence-electron chi connectivity index (χ4n) is 3.15. The number of rotatable bonds is 6. The number of hydrogen-bond donors (Lipinski definition) is 1. The quantitative estimate of drug-likeness (QED) is 0.860. The Morgan fingerprint density at radius 1 is 1.45 bits per heavy atom. The summed E-state index contributed by atoms with van der Waals surface area (Å²) in [5.41, 5.74) is 5.86. The van der Waals surface area contributed by atoms with Gasteiger partial charge < -0.3 is 10.5 Å². The first-order chi connectivity index (χ1) is 9.43. The van der Waals surface area contributed by atoms with Crippen LogP contribution in [0.4, 0.5) is 4.39 Å². The van der Waals surface area contributed by atoms with Crippen LogP contribution in [0.2, 0.25) is 0 Å². The van der Waals surface area contributed by atoms with Crippen LogP contribution in [0.3, 0.4) is 0 Å². The number of hydrogen-bond acceptors (Lipinski definition) is 4. The van der Waals surface area contributed by atoms with E-state index in [1.807, 2.05) is 0 Å². The number of halogens is 1. The summed E-state index contributed by atoms with van der Waals surface area (Å²) in [4.78, 5) is 0. The van der Waals surface area contributed by atoms with Gasteiger partial charge in [-0.25, -0.2) is 12.8 Å². The minimum absolute atomic E-state index is 0.0505. The van der Waals surface area contributed by atoms with Crippen molar-refractivity contribution < 1.29 is 17.5 Å². The first kappa shape index (κ1) is 15.4. The second kappa shape index (κ2) is 5.42. The van der Waals surface area contributed by atoms with E-state index in [1.54, 1.807) is 19.1 Å². The van der Waals surface area contributed by atoms with Gasteiger partial charge in [-0.15, -0.1) is 0 Å². The molecule has 3 atom stereocenters. The van der Waals surface area contributed by atoms with Gasteiger partial charge in [-0.1, -0.05) is 19.1 Å². The summed E-state index contributed by atoms with van der Waals surface area (Å²) in [6.07, 6.45) is 0. The van der Waals surface area contributed by atoms with Crippen LogP contribution in [0, 0.1) is 11.2 Å². The molecule has 2 N–H and O–H groups in total. The molecule has 1 aromatic carbocycles. The van der Waals surface area contributed by atoms with Crippen molar-refractivity contribution >= 4 is 9.84 Å². The van der Waals surface area contributed by atoms with Crippen molar-refractivity contribution in [2.24, 2.45) is 11.1 Å². The third-order valence-corrected chi connectivity index (χ3v) is 6.49. The molecule has 0 amide bonds. The molecule has 112 valence electrons. The van der Waals surface area contributed by atoms with Crippen molar-refractivity contribution in [2.45, 2.75) is 18.1 Å². The molecule has 1 fully saturated rings. The maximum Gasteiger partial charge on any atom is 0.154 e. The zero-order valence-electron chi connectivity index (χ0n) is 11.7. The molecule has 3 unspecified atom stereocenters. The van der Waals surface area contributed by atoms with E-state index in [9.17, 15) is 12.8 Å². The molecule has 1 aliphatic rings. The van der Waals surface area contributed by atoms with Gasteiger partial charge in [0.15, 0.2) is 9.84 Å². The standard InChI is InChI=1S/C14H20FNO3S/c1-3-20(17,18)13-12(14(13,8-16)9-19-2)10-5-4-6-11(15)7-10/h4-7,12-13H,3,8-9,16H2,1-2H3. The van der Waals surface area contributed by atoms with Gasteiger partial charge in [0.1, 0.15) is 5.82 Å². The summed E-state index contributed by atoms with van der Waals surface area (Å²) in [5.74, 6) is -0.618. The Morgan fingerprint density at radius 2 is 2.15 bits per heavy atom. The maximum absolute atomic E-state index is 13.4. The number of benzene rings is 1. The lowest BCUT2D eigenvalue weighted by atomic mass is 10.00. The van der Waals surface area contributed by atoms with E-state index in [4.69, 9.17) is 10.5 Å². The third kappa shape index (κ3) is 2.36. The monoisotopic (exact) mass is 301 g/mol. The topological polar surface area (TPSA) is 69.4 Å². The maximum atomic E-state index is 13.4. The number of sulfone groups is 1. The molecular weight excluding hydrogens is 281 g/mol. The first-order valence-corrected chi connectivity index (χ1v) is 8.30. The summed E-state index contributed by atoms with van der Waals surface area (Å²) in [5, 5.41) is -0.591. The van der Waals surface area contributed by atoms with E-state index < -0.39 is 20.5 Å². The van der Waals surface area contributed by atoms with E-state index in [2.05, 4.69) is 0 Å². The molecule has 4 nitrogen and oxygen atoms in total. The van der Waals surface area contributed by atoms with Crippen LogP contribution in [0.5, 0.6) is 0 Å². The average molecular weight is 301 g/mol. The highest BCUT2D eigenvalue weighted by Gasteiger charge is 2.69. The SMILES string of the molecule is CCS(=O)(=O)C1C(c2cccc(F)c2)C1(CN)COC. The van der Waals surface area contributed by atoms with Crippen LogP contribution in [-0.2, 0) is 14.6 Å². The molecule has 1 aromatic rings. The normalized spacial score (nSPS) is 29.4. The molecule has 0 bridgehead atoms. The van der Waals surface area contributed by atoms with Gasteiger partial charge in [-0.2, -0.15) is 0 Å². The number of nitrogens with two attached hydrogens (primary N) is 1. The van der Waals surface area contributed by atoms with Crippen LogP contribution in [0.15, 0.2) is 24.3 Å². The smallest absolute Gasteiger partial charge is 0.154 e. The lowest BCUT2D eigenvalue weighted by Crippen LogP contribution is -2.28. The summed E-state index contributed by atoms with van der Waals surface area (Å²) in [6.45, 7) is 2.07. The molecule has 2 rings (SSSR count). The third-order valence-electron chi connectivity index (χ3n) is 4.17. The largest absolute Gasteiger partial charge is 0.384 e. The Labute approximate surface area is 119 Å². The number of ether oxygens (including phenoxy) is 1. The second-order valence-corrected chi connectivity index (χ2v) is 7.69. The lowest BCUT2D eigenvalue weighted by molar-refractivity contribution is 0.142. The van der Waals surface area contributed by atoms with Crippen molar-refractivity contribution in [1.82, 2.24) is 0 Å². The van der Waals surface area contributed by atoms with Gasteiger partial charge in [0.2, 0.25) is 0 Å². The van der Waals surface area contributed by atoms with Crippen molar-refractivity contribution in [3.63, 3.8) is 0 Å². The molecule has 0 radical (unpaired) electrons. The van der Waals surface area contributed by atoms with Crippen LogP contribution in [0.25, 0.3) is 0 Å². The average Bonchev–Trinajstić information content (AvgIpc) is 3.09. The minimum Gasteiger partial charge on any atom is -0.384 e. The molecule has 0 aliphatic heterocycles. The predicted octanol–water partition coefficient (Wildman–Crippen LogP) is 1.32. The van der Waals surface area contributed by atoms with E-state index in [0.29, 0.717) is 5.56 Å². The zero-order valence-corrected chi connectivity index (χ0v) is 12.5. The van der Waals surface area contributed by atoms with Gasteiger partial charge in [-0.3, -0.25) is 0 Å². The predicted molar refractivity (Wildman–Crippen MR) is 75.8 cm³/mol. The van der Waals surface area contributed by atoms with E-state index >= 15 is 0 Å². The van der Waals surface area contributed by atoms with E-state index in [0.717, 1.165) is 0 Å². The molecule has 6 heteroatoms. The lowest BCUT2D eigenvalue weighted by Gasteiger charge is -2.14. The zero-order chi connectivity index (χ0) is 15.0. The molecule has 0 aromatic heterocycles. The number of methoxy groups -OCH3 is 1. The fourth-order valence-corrected chi connectivity index (χ4v) is 5.30. The van der Waals surface area contributed by atoms with Gasteiger partial charge >= 0.3 is 0 Å². The first-order valence-electron chi connectivity index (χ1n) is 6.59. The van der Waals surface area contributed by atoms with Crippen molar-refractivity contribution in [3.05, 3.63) is 35.6 Å². The molecule has 1 aliphatic carbocycles. The highest BCUT2D eigenvalue weighted by molar-refractivity contribution is 7.92. The Hall–Kier alpha value is -0.980. The van der Waals surface area contributed by atoms with Gasteiger partial charge in [0.05, 0.1) is 11.9 Å². The van der Waals surface area contributed by atoms with Crippen LogP contribution in [0.1, 0.15) is 18.4 Å². The Bertz CT molecular complexity index is 590. The minimum atomic E-state index is -3.26. The van der Waals surface area contributed by atoms with Crippen molar-refractivity contribution in [2.75, 3.05) is 26.0 Å². The highest BCUT2D eigenvalue weighted by Crippen LogP contribution is 2.62. The van der Waals surface area contributed by atoms with Gasteiger partial charge in [0.25, 0.3) is 0 Å². The fraction of sp³-hybridized carbons (Fsp3) is 0.571. The Kier molecular flexibility index (Phi) is 4.18. The Morgan fingerprint density at radius 3 is 2.65 bits per heavy atom. The van der Waals surface area contributed by atoms with Crippen LogP contribution < -0.4 is 5.73 Å². The van der Waals surface area contributed by atoms with Crippen LogP contribution >= 0.6 is 0 Å². The van der Waals surface area contributed by atoms with Crippen molar-refractivity contribution in [3.8, 4) is 0 Å².